The van der Waals surface area contributed by atoms with Crippen molar-refractivity contribution in [3.63, 3.8) is 0 Å². The highest BCUT2D eigenvalue weighted by molar-refractivity contribution is 9.09. The molecular weight excluding hydrogens is 333 g/mol. The molecule has 0 aromatic heterocycles. The van der Waals surface area contributed by atoms with Gasteiger partial charge < -0.3 is 4.74 Å². The molecule has 2 rings (SSSR count). The van der Waals surface area contributed by atoms with Crippen LogP contribution in [0.5, 0.6) is 5.75 Å². The third-order valence-electron chi connectivity index (χ3n) is 2.95. The molecule has 0 aliphatic carbocycles. The zero-order chi connectivity index (χ0) is 14.7. The minimum absolute atomic E-state index is 0.154. The lowest BCUT2D eigenvalue weighted by molar-refractivity contribution is 0.386. The molecule has 0 radical (unpaired) electrons. The van der Waals surface area contributed by atoms with Gasteiger partial charge >= 0.3 is 0 Å². The molecule has 1 unspecified atom stereocenters. The van der Waals surface area contributed by atoms with Gasteiger partial charge in [0, 0.05) is 10.9 Å². The van der Waals surface area contributed by atoms with E-state index in [-0.39, 0.29) is 17.0 Å². The van der Waals surface area contributed by atoms with Gasteiger partial charge in [-0.2, -0.15) is 0 Å². The van der Waals surface area contributed by atoms with Crippen LogP contribution in [0.1, 0.15) is 16.0 Å². The molecule has 2 aromatic carbocycles. The van der Waals surface area contributed by atoms with Gasteiger partial charge in [-0.25, -0.2) is 13.2 Å². The minimum Gasteiger partial charge on any atom is -0.494 e. The van der Waals surface area contributed by atoms with Crippen molar-refractivity contribution in [2.75, 3.05) is 7.11 Å². The SMILES string of the molecule is COc1ccc(C(Br)Cc2ccc(F)cc2F)cc1F. The van der Waals surface area contributed by atoms with Crippen LogP contribution < -0.4 is 4.74 Å². The second-order valence-electron chi connectivity index (χ2n) is 4.30. The van der Waals surface area contributed by atoms with Gasteiger partial charge in [0.15, 0.2) is 11.6 Å². The molecule has 2 aromatic rings. The summed E-state index contributed by atoms with van der Waals surface area (Å²) in [5.74, 6) is -1.55. The largest absolute Gasteiger partial charge is 0.494 e. The maximum absolute atomic E-state index is 13.6. The average Bonchev–Trinajstić information content (AvgIpc) is 2.41. The van der Waals surface area contributed by atoms with Crippen molar-refractivity contribution >= 4 is 15.9 Å². The summed E-state index contributed by atoms with van der Waals surface area (Å²) in [6.45, 7) is 0. The lowest BCUT2D eigenvalue weighted by atomic mass is 10.0. The maximum atomic E-state index is 13.6. The quantitative estimate of drug-likeness (QED) is 0.724. The van der Waals surface area contributed by atoms with Gasteiger partial charge in [0.1, 0.15) is 11.6 Å². The molecule has 0 saturated heterocycles. The Hall–Kier alpha value is -1.49. The Morgan fingerprint density at radius 1 is 1.05 bits per heavy atom. The molecule has 0 aliphatic rings. The first-order valence-electron chi connectivity index (χ1n) is 5.92. The normalized spacial score (nSPS) is 12.2. The van der Waals surface area contributed by atoms with Gasteiger partial charge in [-0.05, 0) is 35.7 Å². The molecule has 1 atom stereocenters. The van der Waals surface area contributed by atoms with Crippen molar-refractivity contribution in [3.8, 4) is 5.75 Å². The molecule has 0 fully saturated rings. The standard InChI is InChI=1S/C15H12BrF3O/c1-20-15-5-3-9(7-14(15)19)12(16)6-10-2-4-11(17)8-13(10)18/h2-5,7-8,12H,6H2,1H3. The van der Waals surface area contributed by atoms with E-state index in [9.17, 15) is 13.2 Å². The van der Waals surface area contributed by atoms with Crippen LogP contribution in [0.4, 0.5) is 13.2 Å². The number of halogens is 4. The van der Waals surface area contributed by atoms with Gasteiger partial charge in [0.25, 0.3) is 0 Å². The monoisotopic (exact) mass is 344 g/mol. The second kappa shape index (κ2) is 6.31. The van der Waals surface area contributed by atoms with Crippen LogP contribution >= 0.6 is 15.9 Å². The fourth-order valence-electron chi connectivity index (χ4n) is 1.88. The average molecular weight is 345 g/mol. The molecular formula is C15H12BrF3O. The van der Waals surface area contributed by atoms with E-state index in [2.05, 4.69) is 15.9 Å². The van der Waals surface area contributed by atoms with E-state index in [1.54, 1.807) is 6.07 Å². The third-order valence-corrected chi connectivity index (χ3v) is 3.80. The highest BCUT2D eigenvalue weighted by atomic mass is 79.9. The predicted molar refractivity (Wildman–Crippen MR) is 74.7 cm³/mol. The number of alkyl halides is 1. The Bertz CT molecular complexity index is 616. The predicted octanol–water partition coefficient (Wildman–Crippen LogP) is 4.79. The molecule has 0 saturated carbocycles. The highest BCUT2D eigenvalue weighted by Gasteiger charge is 2.14. The number of hydrogen-bond acceptors (Lipinski definition) is 1. The van der Waals surface area contributed by atoms with Crippen LogP contribution in [-0.2, 0) is 6.42 Å². The summed E-state index contributed by atoms with van der Waals surface area (Å²) in [5, 5.41) is 0. The van der Waals surface area contributed by atoms with Crippen molar-refractivity contribution < 1.29 is 17.9 Å². The van der Waals surface area contributed by atoms with Crippen LogP contribution in [0.15, 0.2) is 36.4 Å². The van der Waals surface area contributed by atoms with Gasteiger partial charge in [-0.3, -0.25) is 0 Å². The summed E-state index contributed by atoms with van der Waals surface area (Å²) < 4.78 is 44.8. The van der Waals surface area contributed by atoms with Gasteiger partial charge in [0.2, 0.25) is 0 Å². The number of hydrogen-bond donors (Lipinski definition) is 0. The molecule has 0 spiro atoms. The Morgan fingerprint density at radius 2 is 1.80 bits per heavy atom. The molecule has 5 heteroatoms. The molecule has 20 heavy (non-hydrogen) atoms. The summed E-state index contributed by atoms with van der Waals surface area (Å²) in [6.07, 6.45) is 0.290. The van der Waals surface area contributed by atoms with Crippen LogP contribution in [0.3, 0.4) is 0 Å². The summed E-state index contributed by atoms with van der Waals surface area (Å²) in [5.41, 5.74) is 1.02. The topological polar surface area (TPSA) is 9.23 Å². The van der Waals surface area contributed by atoms with Gasteiger partial charge in [-0.1, -0.05) is 28.1 Å². The second-order valence-corrected chi connectivity index (χ2v) is 5.41. The van der Waals surface area contributed by atoms with Crippen LogP contribution in [0.25, 0.3) is 0 Å². The summed E-state index contributed by atoms with van der Waals surface area (Å²) >= 11 is 3.39. The van der Waals surface area contributed by atoms with Crippen LogP contribution in [0, 0.1) is 17.5 Å². The van der Waals surface area contributed by atoms with Crippen molar-refractivity contribution in [1.82, 2.24) is 0 Å². The molecule has 0 aliphatic heterocycles. The fourth-order valence-corrected chi connectivity index (χ4v) is 2.51. The van der Waals surface area contributed by atoms with Crippen molar-refractivity contribution in [2.45, 2.75) is 11.2 Å². The third kappa shape index (κ3) is 3.33. The van der Waals surface area contributed by atoms with Crippen molar-refractivity contribution in [1.29, 1.82) is 0 Å². The first kappa shape index (κ1) is 14.9. The number of rotatable bonds is 4. The van der Waals surface area contributed by atoms with E-state index < -0.39 is 17.5 Å². The van der Waals surface area contributed by atoms with Crippen molar-refractivity contribution in [2.24, 2.45) is 0 Å². The number of benzene rings is 2. The number of ether oxygens (including phenoxy) is 1. The lowest BCUT2D eigenvalue weighted by Crippen LogP contribution is -2.00. The summed E-state index contributed by atoms with van der Waals surface area (Å²) in [6, 6.07) is 7.97. The fraction of sp³-hybridized carbons (Fsp3) is 0.200. The first-order chi connectivity index (χ1) is 9.51. The molecule has 0 heterocycles. The summed E-state index contributed by atoms with van der Waals surface area (Å²) in [7, 11) is 1.39. The Balaban J connectivity index is 2.19. The minimum atomic E-state index is -0.618. The Labute approximate surface area is 123 Å². The van der Waals surface area contributed by atoms with E-state index in [1.165, 1.54) is 31.4 Å². The maximum Gasteiger partial charge on any atom is 0.165 e. The molecule has 0 amide bonds. The zero-order valence-electron chi connectivity index (χ0n) is 10.7. The zero-order valence-corrected chi connectivity index (χ0v) is 12.3. The molecule has 0 bridgehead atoms. The van der Waals surface area contributed by atoms with Gasteiger partial charge in [0.05, 0.1) is 7.11 Å². The first-order valence-corrected chi connectivity index (χ1v) is 6.84. The van der Waals surface area contributed by atoms with Crippen LogP contribution in [-0.4, -0.2) is 7.11 Å². The van der Waals surface area contributed by atoms with E-state index in [4.69, 9.17) is 4.74 Å². The number of methoxy groups -OCH3 is 1. The van der Waals surface area contributed by atoms with E-state index in [1.807, 2.05) is 0 Å². The van der Waals surface area contributed by atoms with E-state index in [0.29, 0.717) is 11.1 Å². The molecule has 1 nitrogen and oxygen atoms in total. The van der Waals surface area contributed by atoms with Gasteiger partial charge in [-0.15, -0.1) is 0 Å². The van der Waals surface area contributed by atoms with Crippen LogP contribution in [0.2, 0.25) is 0 Å². The molecule has 0 N–H and O–H groups in total. The smallest absolute Gasteiger partial charge is 0.165 e. The Kier molecular flexibility index (Phi) is 4.70. The summed E-state index contributed by atoms with van der Waals surface area (Å²) in [4.78, 5) is -0.275. The van der Waals surface area contributed by atoms with E-state index in [0.717, 1.165) is 6.07 Å². The van der Waals surface area contributed by atoms with E-state index >= 15 is 0 Å². The highest BCUT2D eigenvalue weighted by Crippen LogP contribution is 2.30. The Morgan fingerprint density at radius 3 is 2.40 bits per heavy atom. The lowest BCUT2D eigenvalue weighted by Gasteiger charge is -2.12. The van der Waals surface area contributed by atoms with Crippen molar-refractivity contribution in [3.05, 3.63) is 65.0 Å². The molecule has 106 valence electrons.